The van der Waals surface area contributed by atoms with Gasteiger partial charge in [-0.2, -0.15) is 9.97 Å². The number of nitrogens with two attached hydrogens (primary N) is 1. The van der Waals surface area contributed by atoms with Crippen molar-refractivity contribution in [2.45, 2.75) is 0 Å². The number of morpholine rings is 1. The first-order chi connectivity index (χ1) is 11.3. The summed E-state index contributed by atoms with van der Waals surface area (Å²) in [5.41, 5.74) is 8.58. The zero-order valence-corrected chi connectivity index (χ0v) is 12.4. The molecule has 0 aliphatic carbocycles. The normalized spacial score (nSPS) is 15.0. The van der Waals surface area contributed by atoms with E-state index in [1.165, 1.54) is 0 Å². The largest absolute Gasteiger partial charge is 0.378 e. The van der Waals surface area contributed by atoms with Crippen molar-refractivity contribution in [3.8, 4) is 11.3 Å². The lowest BCUT2D eigenvalue weighted by molar-refractivity contribution is 0.122. The molecule has 4 rings (SSSR count). The maximum absolute atomic E-state index is 5.82. The molecule has 0 aromatic carbocycles. The highest BCUT2D eigenvalue weighted by molar-refractivity contribution is 5.85. The number of hydrogen-bond donors (Lipinski definition) is 1. The fourth-order valence-electron chi connectivity index (χ4n) is 2.56. The van der Waals surface area contributed by atoms with Gasteiger partial charge in [0.2, 0.25) is 5.95 Å². The SMILES string of the molecule is Nc1nc(N2CCOCC2)c2nc(-c3cccnc3)cnc2n1. The van der Waals surface area contributed by atoms with E-state index in [-0.39, 0.29) is 5.95 Å². The molecule has 1 saturated heterocycles. The number of fused-ring (bicyclic) bond motifs is 1. The van der Waals surface area contributed by atoms with Gasteiger partial charge in [0.25, 0.3) is 0 Å². The van der Waals surface area contributed by atoms with Gasteiger partial charge in [0.15, 0.2) is 17.0 Å². The molecule has 1 fully saturated rings. The Morgan fingerprint density at radius 3 is 2.74 bits per heavy atom. The molecule has 0 spiro atoms. The summed E-state index contributed by atoms with van der Waals surface area (Å²) in [5.74, 6) is 0.899. The van der Waals surface area contributed by atoms with Crippen LogP contribution in [-0.2, 0) is 4.74 Å². The average molecular weight is 309 g/mol. The summed E-state index contributed by atoms with van der Waals surface area (Å²) in [6.07, 6.45) is 5.15. The van der Waals surface area contributed by atoms with Gasteiger partial charge in [-0.05, 0) is 12.1 Å². The van der Waals surface area contributed by atoms with Crippen LogP contribution in [0.1, 0.15) is 0 Å². The highest BCUT2D eigenvalue weighted by atomic mass is 16.5. The van der Waals surface area contributed by atoms with Crippen molar-refractivity contribution in [1.29, 1.82) is 0 Å². The van der Waals surface area contributed by atoms with Crippen LogP contribution in [0, 0.1) is 0 Å². The molecule has 1 aliphatic heterocycles. The van der Waals surface area contributed by atoms with Crippen LogP contribution in [0.5, 0.6) is 0 Å². The highest BCUT2D eigenvalue weighted by Crippen LogP contribution is 2.25. The van der Waals surface area contributed by atoms with Crippen molar-refractivity contribution >= 4 is 22.9 Å². The molecule has 0 saturated carbocycles. The minimum Gasteiger partial charge on any atom is -0.378 e. The second-order valence-corrected chi connectivity index (χ2v) is 5.17. The fraction of sp³-hybridized carbons (Fsp3) is 0.267. The number of nitrogen functional groups attached to an aromatic ring is 1. The zero-order valence-electron chi connectivity index (χ0n) is 12.4. The second kappa shape index (κ2) is 5.73. The molecule has 3 aromatic rings. The van der Waals surface area contributed by atoms with Crippen molar-refractivity contribution < 1.29 is 4.74 Å². The fourth-order valence-corrected chi connectivity index (χ4v) is 2.56. The van der Waals surface area contributed by atoms with Crippen LogP contribution in [0.4, 0.5) is 11.8 Å². The van der Waals surface area contributed by atoms with Crippen LogP contribution in [0.25, 0.3) is 22.4 Å². The monoisotopic (exact) mass is 309 g/mol. The number of anilines is 2. The average Bonchev–Trinajstić information content (AvgIpc) is 2.62. The van der Waals surface area contributed by atoms with Gasteiger partial charge in [-0.3, -0.25) is 4.98 Å². The quantitative estimate of drug-likeness (QED) is 0.745. The zero-order chi connectivity index (χ0) is 15.6. The van der Waals surface area contributed by atoms with E-state index in [0.29, 0.717) is 30.2 Å². The second-order valence-electron chi connectivity index (χ2n) is 5.17. The lowest BCUT2D eigenvalue weighted by Crippen LogP contribution is -2.37. The summed E-state index contributed by atoms with van der Waals surface area (Å²) < 4.78 is 5.40. The lowest BCUT2D eigenvalue weighted by Gasteiger charge is -2.28. The molecule has 3 aromatic heterocycles. The first-order valence-corrected chi connectivity index (χ1v) is 7.34. The van der Waals surface area contributed by atoms with Gasteiger partial charge >= 0.3 is 0 Å². The Morgan fingerprint density at radius 1 is 1.09 bits per heavy atom. The molecule has 0 unspecified atom stereocenters. The van der Waals surface area contributed by atoms with Crippen LogP contribution in [0.3, 0.4) is 0 Å². The standard InChI is InChI=1S/C15H15N7O/c16-15-20-13-12(14(21-15)22-4-6-23-7-5-22)19-11(9-18-13)10-2-1-3-17-8-10/h1-3,8-9H,4-7H2,(H2,16,18,20,21). The molecular formula is C15H15N7O. The number of aromatic nitrogens is 5. The molecule has 4 heterocycles. The Hall–Kier alpha value is -2.87. The Bertz CT molecular complexity index is 834. The van der Waals surface area contributed by atoms with Gasteiger partial charge in [0.05, 0.1) is 25.1 Å². The maximum atomic E-state index is 5.82. The topological polar surface area (TPSA) is 103 Å². The van der Waals surface area contributed by atoms with Gasteiger partial charge in [0, 0.05) is 31.0 Å². The number of pyridine rings is 1. The molecule has 0 radical (unpaired) electrons. The van der Waals surface area contributed by atoms with E-state index in [0.717, 1.165) is 24.3 Å². The van der Waals surface area contributed by atoms with E-state index in [1.807, 2.05) is 12.1 Å². The molecule has 1 aliphatic rings. The Balaban J connectivity index is 1.87. The predicted molar refractivity (Wildman–Crippen MR) is 85.8 cm³/mol. The van der Waals surface area contributed by atoms with Gasteiger partial charge < -0.3 is 15.4 Å². The number of ether oxygens (including phenoxy) is 1. The minimum atomic E-state index is 0.197. The van der Waals surface area contributed by atoms with Crippen molar-refractivity contribution in [1.82, 2.24) is 24.9 Å². The molecule has 116 valence electrons. The van der Waals surface area contributed by atoms with Crippen molar-refractivity contribution in [2.75, 3.05) is 36.9 Å². The van der Waals surface area contributed by atoms with Gasteiger partial charge in [-0.25, -0.2) is 9.97 Å². The third-order valence-corrected chi connectivity index (χ3v) is 3.67. The molecule has 23 heavy (non-hydrogen) atoms. The van der Waals surface area contributed by atoms with Crippen molar-refractivity contribution in [3.63, 3.8) is 0 Å². The van der Waals surface area contributed by atoms with Crippen molar-refractivity contribution in [3.05, 3.63) is 30.7 Å². The molecule has 2 N–H and O–H groups in total. The van der Waals surface area contributed by atoms with Gasteiger partial charge in [0.1, 0.15) is 0 Å². The van der Waals surface area contributed by atoms with E-state index in [9.17, 15) is 0 Å². The molecule has 8 heteroatoms. The molecule has 0 atom stereocenters. The number of rotatable bonds is 2. The van der Waals surface area contributed by atoms with E-state index >= 15 is 0 Å². The molecule has 0 bridgehead atoms. The van der Waals surface area contributed by atoms with Gasteiger partial charge in [-0.1, -0.05) is 0 Å². The lowest BCUT2D eigenvalue weighted by atomic mass is 10.2. The van der Waals surface area contributed by atoms with Crippen LogP contribution in [-0.4, -0.2) is 51.2 Å². The van der Waals surface area contributed by atoms with E-state index in [4.69, 9.17) is 15.5 Å². The van der Waals surface area contributed by atoms with E-state index in [1.54, 1.807) is 18.6 Å². The van der Waals surface area contributed by atoms with Gasteiger partial charge in [-0.15, -0.1) is 0 Å². The summed E-state index contributed by atoms with van der Waals surface area (Å²) in [4.78, 5) is 23.9. The first-order valence-electron chi connectivity index (χ1n) is 7.34. The Morgan fingerprint density at radius 2 is 1.96 bits per heavy atom. The Kier molecular flexibility index (Phi) is 3.43. The van der Waals surface area contributed by atoms with Crippen LogP contribution in [0.15, 0.2) is 30.7 Å². The molecule has 0 amide bonds. The highest BCUT2D eigenvalue weighted by Gasteiger charge is 2.19. The minimum absolute atomic E-state index is 0.197. The van der Waals surface area contributed by atoms with E-state index in [2.05, 4.69) is 24.8 Å². The predicted octanol–water partition coefficient (Wildman–Crippen LogP) is 0.901. The number of hydrogen-bond acceptors (Lipinski definition) is 8. The summed E-state index contributed by atoms with van der Waals surface area (Å²) >= 11 is 0. The smallest absolute Gasteiger partial charge is 0.224 e. The third kappa shape index (κ3) is 2.64. The maximum Gasteiger partial charge on any atom is 0.224 e. The third-order valence-electron chi connectivity index (χ3n) is 3.67. The Labute approximate surface area is 132 Å². The van der Waals surface area contributed by atoms with Crippen molar-refractivity contribution in [2.24, 2.45) is 0 Å². The molecule has 8 nitrogen and oxygen atoms in total. The summed E-state index contributed by atoms with van der Waals surface area (Å²) in [5, 5.41) is 0. The van der Waals surface area contributed by atoms with Crippen LogP contribution >= 0.6 is 0 Å². The molecular weight excluding hydrogens is 294 g/mol. The van der Waals surface area contributed by atoms with Crippen LogP contribution in [0.2, 0.25) is 0 Å². The first kappa shape index (κ1) is 13.8. The summed E-state index contributed by atoms with van der Waals surface area (Å²) in [7, 11) is 0. The summed E-state index contributed by atoms with van der Waals surface area (Å²) in [6, 6.07) is 3.80. The number of nitrogens with zero attached hydrogens (tertiary/aromatic N) is 6. The van der Waals surface area contributed by atoms with E-state index < -0.39 is 0 Å². The summed E-state index contributed by atoms with van der Waals surface area (Å²) in [6.45, 7) is 2.79. The van der Waals surface area contributed by atoms with Crippen LogP contribution < -0.4 is 10.6 Å².